The van der Waals surface area contributed by atoms with Crippen molar-refractivity contribution in [3.8, 4) is 11.5 Å². The molecule has 0 radical (unpaired) electrons. The van der Waals surface area contributed by atoms with Gasteiger partial charge in [0.25, 0.3) is 5.91 Å². The minimum Gasteiger partial charge on any atom is -0.504 e. The Hall–Kier alpha value is -3.28. The number of amides is 3. The number of hydrogen-bond donors (Lipinski definition) is 2. The van der Waals surface area contributed by atoms with Gasteiger partial charge in [0.1, 0.15) is 5.70 Å². The molecule has 24 heavy (non-hydrogen) atoms. The number of phenolic OH excluding ortho intramolecular Hbond substituents is 1. The number of aromatic hydroxyl groups is 1. The third-order valence-corrected chi connectivity index (χ3v) is 3.66. The molecule has 2 N–H and O–H groups in total. The second-order valence-corrected chi connectivity index (χ2v) is 5.30. The molecule has 0 unspecified atom stereocenters. The maximum atomic E-state index is 12.4. The van der Waals surface area contributed by atoms with Crippen molar-refractivity contribution >= 4 is 18.0 Å². The quantitative estimate of drug-likeness (QED) is 0.669. The molecule has 0 bridgehead atoms. The molecule has 2 aromatic rings. The summed E-state index contributed by atoms with van der Waals surface area (Å²) in [5.41, 5.74) is 1.61. The second-order valence-electron chi connectivity index (χ2n) is 5.30. The highest BCUT2D eigenvalue weighted by Crippen LogP contribution is 2.27. The number of urea groups is 1. The van der Waals surface area contributed by atoms with Crippen molar-refractivity contribution in [3.05, 3.63) is 65.4 Å². The Kier molecular flexibility index (Phi) is 4.20. The fourth-order valence-corrected chi connectivity index (χ4v) is 2.44. The summed E-state index contributed by atoms with van der Waals surface area (Å²) in [6.07, 6.45) is 1.52. The first-order valence-corrected chi connectivity index (χ1v) is 7.34. The molecule has 6 nitrogen and oxygen atoms in total. The molecular weight excluding hydrogens is 308 g/mol. The third kappa shape index (κ3) is 3.08. The lowest BCUT2D eigenvalue weighted by atomic mass is 10.1. The van der Waals surface area contributed by atoms with Gasteiger partial charge in [-0.15, -0.1) is 0 Å². The Bertz CT molecular complexity index is 815. The van der Waals surface area contributed by atoms with Crippen LogP contribution in [0.25, 0.3) is 6.08 Å². The Morgan fingerprint density at radius 2 is 1.92 bits per heavy atom. The highest BCUT2D eigenvalue weighted by atomic mass is 16.5. The van der Waals surface area contributed by atoms with E-state index in [1.165, 1.54) is 19.3 Å². The minimum atomic E-state index is -0.465. The Morgan fingerprint density at radius 1 is 1.17 bits per heavy atom. The molecule has 0 aliphatic carbocycles. The summed E-state index contributed by atoms with van der Waals surface area (Å²) in [5, 5.41) is 12.3. The summed E-state index contributed by atoms with van der Waals surface area (Å²) in [4.78, 5) is 25.6. The maximum absolute atomic E-state index is 12.4. The van der Waals surface area contributed by atoms with Crippen molar-refractivity contribution in [2.45, 2.75) is 6.54 Å². The predicted molar refractivity (Wildman–Crippen MR) is 88.2 cm³/mol. The van der Waals surface area contributed by atoms with Gasteiger partial charge in [0.2, 0.25) is 0 Å². The number of phenols is 1. The molecule has 6 heteroatoms. The van der Waals surface area contributed by atoms with E-state index < -0.39 is 11.9 Å². The van der Waals surface area contributed by atoms with Gasteiger partial charge in [0.05, 0.1) is 13.7 Å². The molecule has 2 aromatic carbocycles. The fourth-order valence-electron chi connectivity index (χ4n) is 2.44. The number of imide groups is 1. The lowest BCUT2D eigenvalue weighted by molar-refractivity contribution is -0.123. The van der Waals surface area contributed by atoms with E-state index in [1.54, 1.807) is 12.1 Å². The van der Waals surface area contributed by atoms with Crippen LogP contribution in [0.4, 0.5) is 4.79 Å². The van der Waals surface area contributed by atoms with E-state index in [0.717, 1.165) is 10.5 Å². The lowest BCUT2D eigenvalue weighted by Crippen LogP contribution is -2.30. The number of hydrogen-bond acceptors (Lipinski definition) is 4. The minimum absolute atomic E-state index is 0.0373. The fraction of sp³-hybridized carbons (Fsp3) is 0.111. The standard InChI is InChI=1S/C18H16N2O4/c1-24-16-8-7-13(10-15(16)21)9-14-17(22)20(18(23)19-14)11-12-5-3-2-4-6-12/h2-10,21H,11H2,1H3,(H,19,23). The van der Waals surface area contributed by atoms with Crippen LogP contribution in [0.5, 0.6) is 11.5 Å². The first-order valence-electron chi connectivity index (χ1n) is 7.34. The third-order valence-electron chi connectivity index (χ3n) is 3.66. The molecule has 0 spiro atoms. The molecule has 3 rings (SSSR count). The van der Waals surface area contributed by atoms with Crippen LogP contribution in [0.15, 0.2) is 54.2 Å². The number of ether oxygens (including phenoxy) is 1. The van der Waals surface area contributed by atoms with Gasteiger partial charge in [0, 0.05) is 0 Å². The Balaban J connectivity index is 1.82. The molecule has 1 saturated heterocycles. The number of nitrogens with one attached hydrogen (secondary N) is 1. The van der Waals surface area contributed by atoms with E-state index in [1.807, 2.05) is 30.3 Å². The number of benzene rings is 2. The number of rotatable bonds is 4. The topological polar surface area (TPSA) is 78.9 Å². The zero-order valence-electron chi connectivity index (χ0n) is 13.0. The van der Waals surface area contributed by atoms with Gasteiger partial charge >= 0.3 is 6.03 Å². The van der Waals surface area contributed by atoms with Crippen molar-refractivity contribution in [2.75, 3.05) is 7.11 Å². The highest BCUT2D eigenvalue weighted by molar-refractivity contribution is 6.13. The van der Waals surface area contributed by atoms with Crippen molar-refractivity contribution in [1.29, 1.82) is 0 Å². The second kappa shape index (κ2) is 6.45. The van der Waals surface area contributed by atoms with E-state index in [9.17, 15) is 14.7 Å². The Labute approximate surface area is 139 Å². The van der Waals surface area contributed by atoms with Gasteiger partial charge in [-0.3, -0.25) is 9.69 Å². The zero-order valence-corrected chi connectivity index (χ0v) is 13.0. The predicted octanol–water partition coefficient (Wildman–Crippen LogP) is 2.49. The van der Waals surface area contributed by atoms with Crippen molar-refractivity contribution in [1.82, 2.24) is 10.2 Å². The normalized spacial score (nSPS) is 15.7. The molecule has 3 amide bonds. The van der Waals surface area contributed by atoms with Gasteiger partial charge < -0.3 is 15.2 Å². The Morgan fingerprint density at radius 3 is 2.58 bits per heavy atom. The molecule has 0 aromatic heterocycles. The lowest BCUT2D eigenvalue weighted by Gasteiger charge is -2.11. The van der Waals surface area contributed by atoms with Crippen molar-refractivity contribution in [2.24, 2.45) is 0 Å². The van der Waals surface area contributed by atoms with Gasteiger partial charge in [-0.2, -0.15) is 0 Å². The van der Waals surface area contributed by atoms with Crippen LogP contribution in [-0.4, -0.2) is 29.1 Å². The van der Waals surface area contributed by atoms with Crippen LogP contribution in [0.3, 0.4) is 0 Å². The molecule has 0 saturated carbocycles. The summed E-state index contributed by atoms with van der Waals surface area (Å²) in [7, 11) is 1.45. The van der Waals surface area contributed by atoms with E-state index >= 15 is 0 Å². The molecule has 1 aliphatic heterocycles. The number of methoxy groups -OCH3 is 1. The number of nitrogens with zero attached hydrogens (tertiary/aromatic N) is 1. The average Bonchev–Trinajstić information content (AvgIpc) is 2.84. The molecule has 0 atom stereocenters. The van der Waals surface area contributed by atoms with E-state index in [2.05, 4.69) is 5.32 Å². The van der Waals surface area contributed by atoms with Gasteiger partial charge in [-0.05, 0) is 29.3 Å². The van der Waals surface area contributed by atoms with Crippen LogP contribution < -0.4 is 10.1 Å². The largest absolute Gasteiger partial charge is 0.504 e. The van der Waals surface area contributed by atoms with E-state index in [4.69, 9.17) is 4.74 Å². The molecule has 1 fully saturated rings. The SMILES string of the molecule is COc1ccc(C=C2NC(=O)N(Cc3ccccc3)C2=O)cc1O. The number of carbonyl (C=O) groups excluding carboxylic acids is 2. The van der Waals surface area contributed by atoms with Crippen LogP contribution in [0.1, 0.15) is 11.1 Å². The monoisotopic (exact) mass is 324 g/mol. The van der Waals surface area contributed by atoms with E-state index in [-0.39, 0.29) is 18.0 Å². The van der Waals surface area contributed by atoms with Crippen LogP contribution in [-0.2, 0) is 11.3 Å². The van der Waals surface area contributed by atoms with Crippen LogP contribution in [0.2, 0.25) is 0 Å². The molecule has 122 valence electrons. The van der Waals surface area contributed by atoms with Gasteiger partial charge in [-0.1, -0.05) is 36.4 Å². The first-order chi connectivity index (χ1) is 11.6. The van der Waals surface area contributed by atoms with Crippen LogP contribution in [0, 0.1) is 0 Å². The average molecular weight is 324 g/mol. The summed E-state index contributed by atoms with van der Waals surface area (Å²) < 4.78 is 4.98. The van der Waals surface area contributed by atoms with Gasteiger partial charge in [-0.25, -0.2) is 4.79 Å². The van der Waals surface area contributed by atoms with E-state index in [0.29, 0.717) is 11.3 Å². The smallest absolute Gasteiger partial charge is 0.329 e. The molecular formula is C18H16N2O4. The highest BCUT2D eigenvalue weighted by Gasteiger charge is 2.33. The molecule has 1 heterocycles. The number of carbonyl (C=O) groups is 2. The molecule has 1 aliphatic rings. The maximum Gasteiger partial charge on any atom is 0.329 e. The van der Waals surface area contributed by atoms with Crippen molar-refractivity contribution < 1.29 is 19.4 Å². The first kappa shape index (κ1) is 15.6. The van der Waals surface area contributed by atoms with Gasteiger partial charge in [0.15, 0.2) is 11.5 Å². The summed E-state index contributed by atoms with van der Waals surface area (Å²) in [6.45, 7) is 0.205. The summed E-state index contributed by atoms with van der Waals surface area (Å²) in [6, 6.07) is 13.5. The summed E-state index contributed by atoms with van der Waals surface area (Å²) in [5.74, 6) is -0.103. The zero-order chi connectivity index (χ0) is 17.1. The van der Waals surface area contributed by atoms with Crippen molar-refractivity contribution in [3.63, 3.8) is 0 Å². The summed E-state index contributed by atoms with van der Waals surface area (Å²) >= 11 is 0. The van der Waals surface area contributed by atoms with Crippen LogP contribution >= 0.6 is 0 Å².